The van der Waals surface area contributed by atoms with E-state index in [0.717, 1.165) is 23.4 Å². The number of nitrogens with one attached hydrogen (secondary N) is 1. The predicted octanol–water partition coefficient (Wildman–Crippen LogP) is 3.95. The van der Waals surface area contributed by atoms with Gasteiger partial charge in [-0.25, -0.2) is 9.37 Å². The first-order valence-corrected chi connectivity index (χ1v) is 7.47. The van der Waals surface area contributed by atoms with Gasteiger partial charge in [0.25, 0.3) is 0 Å². The SMILES string of the molecule is CCC(NC(C)Cc1cccc(F)c1)c1nccs1. The van der Waals surface area contributed by atoms with Gasteiger partial charge in [0.05, 0.1) is 6.04 Å². The molecule has 0 bridgehead atoms. The van der Waals surface area contributed by atoms with Crippen molar-refractivity contribution in [2.45, 2.75) is 38.8 Å². The van der Waals surface area contributed by atoms with Crippen molar-refractivity contribution in [3.05, 3.63) is 52.2 Å². The van der Waals surface area contributed by atoms with Crippen molar-refractivity contribution in [2.24, 2.45) is 0 Å². The average Bonchev–Trinajstić information content (AvgIpc) is 2.89. The van der Waals surface area contributed by atoms with E-state index in [4.69, 9.17) is 0 Å². The fourth-order valence-corrected chi connectivity index (χ4v) is 2.97. The lowest BCUT2D eigenvalue weighted by molar-refractivity contribution is 0.442. The third-order valence-corrected chi connectivity index (χ3v) is 3.96. The van der Waals surface area contributed by atoms with Crippen LogP contribution in [0.25, 0.3) is 0 Å². The number of hydrogen-bond donors (Lipinski definition) is 1. The van der Waals surface area contributed by atoms with Gasteiger partial charge in [0.1, 0.15) is 10.8 Å². The molecule has 2 nitrogen and oxygen atoms in total. The predicted molar refractivity (Wildman–Crippen MR) is 77.8 cm³/mol. The van der Waals surface area contributed by atoms with Gasteiger partial charge in [-0.15, -0.1) is 11.3 Å². The summed E-state index contributed by atoms with van der Waals surface area (Å²) in [5, 5.41) is 6.68. The van der Waals surface area contributed by atoms with Crippen LogP contribution in [0.3, 0.4) is 0 Å². The molecule has 2 atom stereocenters. The molecule has 2 rings (SSSR count). The van der Waals surface area contributed by atoms with E-state index in [1.165, 1.54) is 6.07 Å². The maximum atomic E-state index is 13.1. The van der Waals surface area contributed by atoms with Gasteiger partial charge in [0.2, 0.25) is 0 Å². The second-order valence-corrected chi connectivity index (χ2v) is 5.66. The van der Waals surface area contributed by atoms with Gasteiger partial charge in [-0.1, -0.05) is 19.1 Å². The van der Waals surface area contributed by atoms with Gasteiger partial charge in [0, 0.05) is 17.6 Å². The Hall–Kier alpha value is -1.26. The Bertz CT molecular complexity index is 499. The van der Waals surface area contributed by atoms with Crippen molar-refractivity contribution >= 4 is 11.3 Å². The molecule has 102 valence electrons. The zero-order valence-corrected chi connectivity index (χ0v) is 12.1. The molecule has 0 aliphatic heterocycles. The molecule has 0 aliphatic rings. The summed E-state index contributed by atoms with van der Waals surface area (Å²) in [5.74, 6) is -0.170. The molecule has 0 radical (unpaired) electrons. The number of benzene rings is 1. The number of rotatable bonds is 6. The molecule has 1 N–H and O–H groups in total. The largest absolute Gasteiger partial charge is 0.305 e. The van der Waals surface area contributed by atoms with Crippen molar-refractivity contribution in [3.63, 3.8) is 0 Å². The molecule has 1 aromatic carbocycles. The topological polar surface area (TPSA) is 24.9 Å². The summed E-state index contributed by atoms with van der Waals surface area (Å²) in [6.45, 7) is 4.27. The van der Waals surface area contributed by atoms with E-state index in [-0.39, 0.29) is 17.9 Å². The van der Waals surface area contributed by atoms with Gasteiger partial charge >= 0.3 is 0 Å². The zero-order chi connectivity index (χ0) is 13.7. The van der Waals surface area contributed by atoms with Crippen LogP contribution in [0.5, 0.6) is 0 Å². The molecule has 2 unspecified atom stereocenters. The normalized spacial score (nSPS) is 14.3. The Morgan fingerprint density at radius 1 is 1.42 bits per heavy atom. The number of halogens is 1. The van der Waals surface area contributed by atoms with Crippen LogP contribution >= 0.6 is 11.3 Å². The summed E-state index contributed by atoms with van der Waals surface area (Å²) in [6, 6.07) is 7.37. The molecule has 0 spiro atoms. The molecule has 0 saturated carbocycles. The minimum Gasteiger partial charge on any atom is -0.305 e. The molecule has 0 aliphatic carbocycles. The lowest BCUT2D eigenvalue weighted by Gasteiger charge is -2.20. The second-order valence-electron chi connectivity index (χ2n) is 4.73. The molecule has 4 heteroatoms. The van der Waals surface area contributed by atoms with Crippen LogP contribution in [-0.2, 0) is 6.42 Å². The quantitative estimate of drug-likeness (QED) is 0.865. The van der Waals surface area contributed by atoms with Crippen LogP contribution < -0.4 is 5.32 Å². The summed E-state index contributed by atoms with van der Waals surface area (Å²) < 4.78 is 13.1. The molecule has 2 aromatic rings. The summed E-state index contributed by atoms with van der Waals surface area (Å²) in [4.78, 5) is 4.36. The maximum Gasteiger partial charge on any atom is 0.123 e. The molecule has 1 aromatic heterocycles. The van der Waals surface area contributed by atoms with Crippen LogP contribution in [-0.4, -0.2) is 11.0 Å². The Morgan fingerprint density at radius 3 is 2.89 bits per heavy atom. The highest BCUT2D eigenvalue weighted by Gasteiger charge is 2.14. The second kappa shape index (κ2) is 6.78. The van der Waals surface area contributed by atoms with Crippen LogP contribution in [0.4, 0.5) is 4.39 Å². The standard InChI is InChI=1S/C15H19FN2S/c1-3-14(15-17-7-8-19-15)18-11(2)9-12-5-4-6-13(16)10-12/h4-8,10-11,14,18H,3,9H2,1-2H3. The number of thiazole rings is 1. The Morgan fingerprint density at radius 2 is 2.26 bits per heavy atom. The average molecular weight is 278 g/mol. The van der Waals surface area contributed by atoms with E-state index < -0.39 is 0 Å². The Balaban J connectivity index is 1.95. The lowest BCUT2D eigenvalue weighted by atomic mass is 10.1. The zero-order valence-electron chi connectivity index (χ0n) is 11.3. The van der Waals surface area contributed by atoms with Gasteiger partial charge in [0.15, 0.2) is 0 Å². The Labute approximate surface area is 117 Å². The van der Waals surface area contributed by atoms with Crippen LogP contribution in [0.15, 0.2) is 35.8 Å². The highest BCUT2D eigenvalue weighted by atomic mass is 32.1. The van der Waals surface area contributed by atoms with Gasteiger partial charge in [-0.05, 0) is 37.5 Å². The summed E-state index contributed by atoms with van der Waals surface area (Å²) in [7, 11) is 0. The minimum atomic E-state index is -0.170. The summed E-state index contributed by atoms with van der Waals surface area (Å²) >= 11 is 1.67. The lowest BCUT2D eigenvalue weighted by Crippen LogP contribution is -2.31. The number of hydrogen-bond acceptors (Lipinski definition) is 3. The van der Waals surface area contributed by atoms with Crippen molar-refractivity contribution in [3.8, 4) is 0 Å². The highest BCUT2D eigenvalue weighted by molar-refractivity contribution is 7.09. The molecule has 0 saturated heterocycles. The van der Waals surface area contributed by atoms with E-state index in [2.05, 4.69) is 24.1 Å². The first kappa shape index (κ1) is 14.2. The smallest absolute Gasteiger partial charge is 0.123 e. The molecule has 0 fully saturated rings. The van der Waals surface area contributed by atoms with Crippen molar-refractivity contribution < 1.29 is 4.39 Å². The fourth-order valence-electron chi connectivity index (χ4n) is 2.19. The molecule has 19 heavy (non-hydrogen) atoms. The summed E-state index contributed by atoms with van der Waals surface area (Å²) in [6.07, 6.45) is 3.65. The fraction of sp³-hybridized carbons (Fsp3) is 0.400. The monoisotopic (exact) mass is 278 g/mol. The summed E-state index contributed by atoms with van der Waals surface area (Å²) in [5.41, 5.74) is 1.02. The van der Waals surface area contributed by atoms with Crippen LogP contribution in [0.1, 0.15) is 36.9 Å². The Kier molecular flexibility index (Phi) is 5.05. The van der Waals surface area contributed by atoms with Crippen LogP contribution in [0.2, 0.25) is 0 Å². The van der Waals surface area contributed by atoms with Crippen molar-refractivity contribution in [1.29, 1.82) is 0 Å². The third kappa shape index (κ3) is 4.11. The van der Waals surface area contributed by atoms with Gasteiger partial charge in [-0.2, -0.15) is 0 Å². The van der Waals surface area contributed by atoms with E-state index in [9.17, 15) is 4.39 Å². The van der Waals surface area contributed by atoms with Crippen LogP contribution in [0, 0.1) is 5.82 Å². The molecule has 1 heterocycles. The van der Waals surface area contributed by atoms with E-state index in [0.29, 0.717) is 0 Å². The van der Waals surface area contributed by atoms with E-state index >= 15 is 0 Å². The van der Waals surface area contributed by atoms with Gasteiger partial charge in [-0.3, -0.25) is 0 Å². The van der Waals surface area contributed by atoms with Crippen molar-refractivity contribution in [1.82, 2.24) is 10.3 Å². The van der Waals surface area contributed by atoms with E-state index in [1.807, 2.05) is 17.6 Å². The number of nitrogens with zero attached hydrogens (tertiary/aromatic N) is 1. The first-order valence-electron chi connectivity index (χ1n) is 6.59. The molecule has 0 amide bonds. The minimum absolute atomic E-state index is 0.170. The van der Waals surface area contributed by atoms with Gasteiger partial charge < -0.3 is 5.32 Å². The highest BCUT2D eigenvalue weighted by Crippen LogP contribution is 2.20. The maximum absolute atomic E-state index is 13.1. The molecular weight excluding hydrogens is 259 g/mol. The first-order chi connectivity index (χ1) is 9.19. The third-order valence-electron chi connectivity index (χ3n) is 3.07. The van der Waals surface area contributed by atoms with Crippen molar-refractivity contribution in [2.75, 3.05) is 0 Å². The number of aromatic nitrogens is 1. The molecular formula is C15H19FN2S. The van der Waals surface area contributed by atoms with E-state index in [1.54, 1.807) is 23.5 Å².